The van der Waals surface area contributed by atoms with Gasteiger partial charge >= 0.3 is 5.97 Å². The fraction of sp³-hybridized carbons (Fsp3) is 0.286. The van der Waals surface area contributed by atoms with Gasteiger partial charge < -0.3 is 9.47 Å². The van der Waals surface area contributed by atoms with Crippen LogP contribution in [0, 0.1) is 7.14 Å². The summed E-state index contributed by atoms with van der Waals surface area (Å²) in [5.74, 6) is 0.756. The Labute approximate surface area is 288 Å². The lowest BCUT2D eigenvalue weighted by atomic mass is 9.92. The number of benzene rings is 3. The molecular formula is C35H34I2N2O4S. The van der Waals surface area contributed by atoms with E-state index in [1.54, 1.807) is 11.5 Å². The van der Waals surface area contributed by atoms with E-state index < -0.39 is 12.0 Å². The Balaban J connectivity index is 1.60. The fourth-order valence-electron chi connectivity index (χ4n) is 5.18. The molecule has 2 heterocycles. The van der Waals surface area contributed by atoms with Gasteiger partial charge in [-0.25, -0.2) is 9.79 Å². The molecule has 0 spiro atoms. The van der Waals surface area contributed by atoms with Gasteiger partial charge in [0.05, 0.1) is 35.6 Å². The number of carbonyl (C=O) groups is 1. The van der Waals surface area contributed by atoms with Crippen LogP contribution in [-0.2, 0) is 16.1 Å². The third kappa shape index (κ3) is 7.04. The number of allylic oxidation sites excluding steroid dienone is 1. The van der Waals surface area contributed by atoms with E-state index in [-0.39, 0.29) is 12.2 Å². The molecule has 6 nitrogen and oxygen atoms in total. The first-order chi connectivity index (χ1) is 21.2. The van der Waals surface area contributed by atoms with Crippen molar-refractivity contribution >= 4 is 68.6 Å². The molecule has 0 radical (unpaired) electrons. The highest BCUT2D eigenvalue weighted by molar-refractivity contribution is 14.1. The monoisotopic (exact) mass is 832 g/mol. The number of aromatic nitrogens is 1. The molecular weight excluding hydrogens is 798 g/mol. The second-order valence-corrected chi connectivity index (χ2v) is 14.2. The van der Waals surface area contributed by atoms with Crippen molar-refractivity contribution in [2.75, 3.05) is 6.61 Å². The van der Waals surface area contributed by atoms with Crippen LogP contribution in [0.1, 0.15) is 74.8 Å². The van der Waals surface area contributed by atoms with Crippen LogP contribution < -0.4 is 19.6 Å². The van der Waals surface area contributed by atoms with Gasteiger partial charge in [-0.2, -0.15) is 0 Å². The van der Waals surface area contributed by atoms with Crippen LogP contribution >= 0.6 is 56.5 Å². The van der Waals surface area contributed by atoms with Crippen molar-refractivity contribution in [2.24, 2.45) is 4.99 Å². The molecule has 0 amide bonds. The number of esters is 1. The summed E-state index contributed by atoms with van der Waals surface area (Å²) in [5, 5.41) is 0. The Kier molecular flexibility index (Phi) is 10.8. The minimum Gasteiger partial charge on any atom is -0.487 e. The molecule has 1 aliphatic rings. The van der Waals surface area contributed by atoms with Crippen molar-refractivity contribution in [3.8, 4) is 5.75 Å². The molecule has 4 aromatic rings. The molecule has 9 heteroatoms. The van der Waals surface area contributed by atoms with E-state index >= 15 is 0 Å². The highest BCUT2D eigenvalue weighted by atomic mass is 127. The molecule has 3 aromatic carbocycles. The Morgan fingerprint density at radius 3 is 2.34 bits per heavy atom. The van der Waals surface area contributed by atoms with E-state index in [2.05, 4.69) is 78.1 Å². The molecule has 0 aliphatic carbocycles. The largest absolute Gasteiger partial charge is 0.487 e. The molecule has 0 bridgehead atoms. The Hall–Kier alpha value is -2.77. The highest BCUT2D eigenvalue weighted by Crippen LogP contribution is 2.34. The summed E-state index contributed by atoms with van der Waals surface area (Å²) in [7, 11) is 0. The molecule has 0 fully saturated rings. The number of ether oxygens (including phenoxy) is 2. The number of halogens is 2. The van der Waals surface area contributed by atoms with Gasteiger partial charge in [0, 0.05) is 0 Å². The minimum atomic E-state index is -0.621. The van der Waals surface area contributed by atoms with Gasteiger partial charge in [0.15, 0.2) is 4.80 Å². The van der Waals surface area contributed by atoms with Crippen LogP contribution in [0.15, 0.2) is 87.8 Å². The molecule has 0 saturated heterocycles. The predicted molar refractivity (Wildman–Crippen MR) is 193 cm³/mol. The second kappa shape index (κ2) is 14.6. The third-order valence-corrected chi connectivity index (χ3v) is 9.94. The van der Waals surface area contributed by atoms with Gasteiger partial charge in [0.2, 0.25) is 0 Å². The molecule has 0 N–H and O–H groups in total. The van der Waals surface area contributed by atoms with E-state index in [4.69, 9.17) is 14.5 Å². The van der Waals surface area contributed by atoms with Crippen molar-refractivity contribution in [3.63, 3.8) is 0 Å². The van der Waals surface area contributed by atoms with Crippen LogP contribution in [0.3, 0.4) is 0 Å². The average molecular weight is 833 g/mol. The van der Waals surface area contributed by atoms with Crippen LogP contribution in [-0.4, -0.2) is 17.1 Å². The van der Waals surface area contributed by atoms with Crippen molar-refractivity contribution in [1.29, 1.82) is 0 Å². The third-order valence-electron chi connectivity index (χ3n) is 7.36. The number of fused-ring (bicyclic) bond motifs is 1. The van der Waals surface area contributed by atoms with Crippen LogP contribution in [0.2, 0.25) is 0 Å². The maximum atomic E-state index is 14.1. The number of thiazole rings is 1. The van der Waals surface area contributed by atoms with Gasteiger partial charge in [-0.05, 0) is 105 Å². The van der Waals surface area contributed by atoms with E-state index in [0.29, 0.717) is 39.5 Å². The summed E-state index contributed by atoms with van der Waals surface area (Å²) >= 11 is 5.92. The normalized spacial score (nSPS) is 14.9. The second-order valence-electron chi connectivity index (χ2n) is 10.8. The SMILES string of the molecule is CCCC1=C(C(=O)OCC)[C@@H](c2ccc(C(C)C)cc2)n2c(s/c(=C\c3cc(I)c(OCc4ccccc4)c(I)c3)c2=O)=N1. The fourth-order valence-corrected chi connectivity index (χ4v) is 8.33. The molecule has 0 unspecified atom stereocenters. The van der Waals surface area contributed by atoms with Gasteiger partial charge in [0.25, 0.3) is 5.56 Å². The zero-order valence-electron chi connectivity index (χ0n) is 25.1. The van der Waals surface area contributed by atoms with Crippen molar-refractivity contribution < 1.29 is 14.3 Å². The minimum absolute atomic E-state index is 0.182. The summed E-state index contributed by atoms with van der Waals surface area (Å²) in [6.45, 7) is 8.86. The maximum absolute atomic E-state index is 14.1. The first kappa shape index (κ1) is 32.6. The summed E-state index contributed by atoms with van der Waals surface area (Å²) in [6.07, 6.45) is 3.33. The van der Waals surface area contributed by atoms with Crippen molar-refractivity contribution in [1.82, 2.24) is 4.57 Å². The van der Waals surface area contributed by atoms with Crippen LogP contribution in [0.25, 0.3) is 6.08 Å². The van der Waals surface area contributed by atoms with Crippen molar-refractivity contribution in [3.05, 3.63) is 127 Å². The smallest absolute Gasteiger partial charge is 0.338 e. The molecule has 1 aromatic heterocycles. The Morgan fingerprint density at radius 2 is 1.73 bits per heavy atom. The van der Waals surface area contributed by atoms with Gasteiger partial charge in [-0.3, -0.25) is 9.36 Å². The zero-order chi connectivity index (χ0) is 31.4. The quantitative estimate of drug-likeness (QED) is 0.123. The summed E-state index contributed by atoms with van der Waals surface area (Å²) in [6, 6.07) is 21.7. The van der Waals surface area contributed by atoms with Crippen LogP contribution in [0.5, 0.6) is 5.75 Å². The number of nitrogens with zero attached hydrogens (tertiary/aromatic N) is 2. The highest BCUT2D eigenvalue weighted by Gasteiger charge is 2.34. The number of hydrogen-bond acceptors (Lipinski definition) is 6. The lowest BCUT2D eigenvalue weighted by Crippen LogP contribution is -2.40. The molecule has 1 atom stereocenters. The van der Waals surface area contributed by atoms with Gasteiger partial charge in [0.1, 0.15) is 12.4 Å². The first-order valence-corrected chi connectivity index (χ1v) is 17.7. The molecule has 228 valence electrons. The molecule has 5 rings (SSSR count). The van der Waals surface area contributed by atoms with E-state index in [1.807, 2.05) is 60.7 Å². The Morgan fingerprint density at radius 1 is 1.05 bits per heavy atom. The zero-order valence-corrected chi connectivity index (χ0v) is 30.2. The van der Waals surface area contributed by atoms with E-state index in [0.717, 1.165) is 36.0 Å². The first-order valence-electron chi connectivity index (χ1n) is 14.7. The summed E-state index contributed by atoms with van der Waals surface area (Å²) in [5.41, 5.74) is 4.98. The molecule has 1 aliphatic heterocycles. The van der Waals surface area contributed by atoms with E-state index in [9.17, 15) is 9.59 Å². The van der Waals surface area contributed by atoms with E-state index in [1.165, 1.54) is 16.9 Å². The number of carbonyl (C=O) groups excluding carboxylic acids is 1. The lowest BCUT2D eigenvalue weighted by molar-refractivity contribution is -0.139. The molecule has 0 saturated carbocycles. The topological polar surface area (TPSA) is 69.9 Å². The van der Waals surface area contributed by atoms with Crippen molar-refractivity contribution in [2.45, 2.75) is 59.1 Å². The van der Waals surface area contributed by atoms with Gasteiger partial charge in [-0.1, -0.05) is 93.1 Å². The summed E-state index contributed by atoms with van der Waals surface area (Å²) < 4.78 is 15.8. The van der Waals surface area contributed by atoms with Gasteiger partial charge in [-0.15, -0.1) is 0 Å². The van der Waals surface area contributed by atoms with Crippen LogP contribution in [0.4, 0.5) is 0 Å². The Bertz CT molecular complexity index is 1850. The molecule has 44 heavy (non-hydrogen) atoms. The number of rotatable bonds is 10. The number of hydrogen-bond donors (Lipinski definition) is 0. The predicted octanol–water partition coefficient (Wildman–Crippen LogP) is 7.49. The standard InChI is InChI=1S/C35H34I2N2O4S/c1-5-10-28-30(34(41)42-6-2)31(25-15-13-24(14-16-25)21(3)4)39-33(40)29(44-35(39)38-28)19-23-17-26(36)32(27(37)18-23)43-20-22-11-8-7-9-12-22/h7-9,11-19,21,31H,5-6,10,20H2,1-4H3/b29-19-/t31-/m1/s1. The lowest BCUT2D eigenvalue weighted by Gasteiger charge is -2.26. The maximum Gasteiger partial charge on any atom is 0.338 e. The summed E-state index contributed by atoms with van der Waals surface area (Å²) in [4.78, 5) is 33.1. The average Bonchev–Trinajstić information content (AvgIpc) is 3.30.